The number of urea groups is 1. The maximum absolute atomic E-state index is 12.9. The Morgan fingerprint density at radius 1 is 1.14 bits per heavy atom. The Morgan fingerprint density at radius 3 is 2.61 bits per heavy atom. The van der Waals surface area contributed by atoms with Gasteiger partial charge in [0, 0.05) is 25.7 Å². The number of nitrogens with one attached hydrogen (secondary N) is 2. The summed E-state index contributed by atoms with van der Waals surface area (Å²) in [6.07, 6.45) is 1.60. The molecule has 0 saturated heterocycles. The number of sulfonamides is 1. The van der Waals surface area contributed by atoms with E-state index in [1.807, 2.05) is 50.2 Å². The standard InChI is InChI=1S/C21H27N3O3S/c1-3-12-22-21(25)24-13-11-18-9-10-20(14-19(18)15-24)28(26,27)23-16(2)17-7-5-4-6-8-17/h4-10,14,16,23H,3,11-13,15H2,1-2H3,(H,22,25)/t16-/m1/s1. The van der Waals surface area contributed by atoms with Gasteiger partial charge in [-0.15, -0.1) is 0 Å². The molecule has 7 heteroatoms. The van der Waals surface area contributed by atoms with Crippen molar-refractivity contribution in [3.05, 3.63) is 65.2 Å². The second-order valence-electron chi connectivity index (χ2n) is 7.09. The van der Waals surface area contributed by atoms with E-state index in [0.717, 1.165) is 29.5 Å². The lowest BCUT2D eigenvalue weighted by molar-refractivity contribution is 0.192. The van der Waals surface area contributed by atoms with Gasteiger partial charge in [-0.3, -0.25) is 0 Å². The molecule has 0 saturated carbocycles. The molecular weight excluding hydrogens is 374 g/mol. The first-order valence-electron chi connectivity index (χ1n) is 9.62. The van der Waals surface area contributed by atoms with Crippen LogP contribution in [-0.2, 0) is 23.0 Å². The average Bonchev–Trinajstić information content (AvgIpc) is 2.71. The average molecular weight is 402 g/mol. The molecule has 28 heavy (non-hydrogen) atoms. The molecule has 0 spiro atoms. The van der Waals surface area contributed by atoms with Crippen LogP contribution < -0.4 is 10.0 Å². The summed E-state index contributed by atoms with van der Waals surface area (Å²) in [5.74, 6) is 0. The fourth-order valence-electron chi connectivity index (χ4n) is 3.33. The van der Waals surface area contributed by atoms with Crippen LogP contribution in [0.4, 0.5) is 4.79 Å². The lowest BCUT2D eigenvalue weighted by Gasteiger charge is -2.29. The Morgan fingerprint density at radius 2 is 1.89 bits per heavy atom. The lowest BCUT2D eigenvalue weighted by atomic mass is 10.0. The highest BCUT2D eigenvalue weighted by molar-refractivity contribution is 7.89. The summed E-state index contributed by atoms with van der Waals surface area (Å²) >= 11 is 0. The smallest absolute Gasteiger partial charge is 0.317 e. The predicted octanol–water partition coefficient (Wildman–Crippen LogP) is 3.20. The molecule has 2 N–H and O–H groups in total. The minimum absolute atomic E-state index is 0.100. The van der Waals surface area contributed by atoms with E-state index in [1.54, 1.807) is 17.0 Å². The topological polar surface area (TPSA) is 78.5 Å². The number of nitrogens with zero attached hydrogens (tertiary/aromatic N) is 1. The molecule has 0 fully saturated rings. The summed E-state index contributed by atoms with van der Waals surface area (Å²) < 4.78 is 28.4. The van der Waals surface area contributed by atoms with Crippen LogP contribution in [0.2, 0.25) is 0 Å². The van der Waals surface area contributed by atoms with Crippen LogP contribution in [0.1, 0.15) is 43.0 Å². The van der Waals surface area contributed by atoms with E-state index in [4.69, 9.17) is 0 Å². The second-order valence-corrected chi connectivity index (χ2v) is 8.80. The van der Waals surface area contributed by atoms with Crippen molar-refractivity contribution < 1.29 is 13.2 Å². The van der Waals surface area contributed by atoms with Crippen LogP contribution in [0.5, 0.6) is 0 Å². The van der Waals surface area contributed by atoms with Crippen molar-refractivity contribution in [2.45, 2.75) is 44.2 Å². The Hall–Kier alpha value is -2.38. The maximum Gasteiger partial charge on any atom is 0.317 e. The largest absolute Gasteiger partial charge is 0.338 e. The molecule has 0 radical (unpaired) electrons. The molecule has 3 rings (SSSR count). The van der Waals surface area contributed by atoms with Crippen molar-refractivity contribution in [3.63, 3.8) is 0 Å². The lowest BCUT2D eigenvalue weighted by Crippen LogP contribution is -2.43. The van der Waals surface area contributed by atoms with Crippen molar-refractivity contribution in [2.75, 3.05) is 13.1 Å². The van der Waals surface area contributed by atoms with Gasteiger partial charge in [-0.05, 0) is 48.6 Å². The Balaban J connectivity index is 1.76. The van der Waals surface area contributed by atoms with Gasteiger partial charge in [0.05, 0.1) is 4.90 Å². The second kappa shape index (κ2) is 8.75. The van der Waals surface area contributed by atoms with E-state index in [1.165, 1.54) is 0 Å². The Bertz CT molecular complexity index is 929. The highest BCUT2D eigenvalue weighted by Crippen LogP contribution is 2.24. The third-order valence-corrected chi connectivity index (χ3v) is 6.48. The van der Waals surface area contributed by atoms with E-state index in [0.29, 0.717) is 19.6 Å². The third-order valence-electron chi connectivity index (χ3n) is 4.95. The van der Waals surface area contributed by atoms with Gasteiger partial charge < -0.3 is 10.2 Å². The normalized spacial score (nSPS) is 15.0. The van der Waals surface area contributed by atoms with Crippen molar-refractivity contribution in [1.29, 1.82) is 0 Å². The summed E-state index contributed by atoms with van der Waals surface area (Å²) in [7, 11) is -3.66. The SMILES string of the molecule is CCCNC(=O)N1CCc2ccc(S(=O)(=O)N[C@H](C)c3ccccc3)cc2C1. The van der Waals surface area contributed by atoms with Crippen LogP contribution in [-0.4, -0.2) is 32.4 Å². The molecule has 2 amide bonds. The maximum atomic E-state index is 12.9. The Kier molecular flexibility index (Phi) is 6.36. The number of carbonyl (C=O) groups is 1. The van der Waals surface area contributed by atoms with Gasteiger partial charge in [0.1, 0.15) is 0 Å². The first-order valence-corrected chi connectivity index (χ1v) is 11.1. The molecule has 0 aliphatic carbocycles. The zero-order valence-electron chi connectivity index (χ0n) is 16.3. The van der Waals surface area contributed by atoms with Gasteiger partial charge in [-0.1, -0.05) is 43.3 Å². The molecule has 1 aliphatic rings. The minimum Gasteiger partial charge on any atom is -0.338 e. The highest BCUT2D eigenvalue weighted by Gasteiger charge is 2.24. The molecule has 1 aliphatic heterocycles. The van der Waals surface area contributed by atoms with E-state index in [2.05, 4.69) is 10.0 Å². The van der Waals surface area contributed by atoms with Crippen molar-refractivity contribution >= 4 is 16.1 Å². The molecule has 1 heterocycles. The van der Waals surface area contributed by atoms with E-state index in [-0.39, 0.29) is 17.0 Å². The number of rotatable bonds is 6. The van der Waals surface area contributed by atoms with Crippen LogP contribution in [0.25, 0.3) is 0 Å². The molecule has 0 bridgehead atoms. The Labute approximate surface area is 167 Å². The van der Waals surface area contributed by atoms with Gasteiger partial charge in [0.25, 0.3) is 0 Å². The predicted molar refractivity (Wildman–Crippen MR) is 109 cm³/mol. The van der Waals surface area contributed by atoms with Crippen molar-refractivity contribution in [2.24, 2.45) is 0 Å². The number of fused-ring (bicyclic) bond motifs is 1. The fourth-order valence-corrected chi connectivity index (χ4v) is 4.61. The summed E-state index contributed by atoms with van der Waals surface area (Å²) in [6.45, 7) is 5.52. The quantitative estimate of drug-likeness (QED) is 0.780. The number of hydrogen-bond acceptors (Lipinski definition) is 3. The van der Waals surface area contributed by atoms with E-state index < -0.39 is 10.0 Å². The highest BCUT2D eigenvalue weighted by atomic mass is 32.2. The zero-order chi connectivity index (χ0) is 20.1. The van der Waals surface area contributed by atoms with E-state index >= 15 is 0 Å². The summed E-state index contributed by atoms with van der Waals surface area (Å²) in [6, 6.07) is 14.2. The van der Waals surface area contributed by atoms with Crippen LogP contribution >= 0.6 is 0 Å². The van der Waals surface area contributed by atoms with Gasteiger partial charge in [-0.2, -0.15) is 0 Å². The molecule has 6 nitrogen and oxygen atoms in total. The minimum atomic E-state index is -3.66. The molecule has 0 aromatic heterocycles. The van der Waals surface area contributed by atoms with Crippen LogP contribution in [0.15, 0.2) is 53.4 Å². The molecule has 150 valence electrons. The monoisotopic (exact) mass is 401 g/mol. The number of hydrogen-bond donors (Lipinski definition) is 2. The van der Waals surface area contributed by atoms with Gasteiger partial charge in [0.15, 0.2) is 0 Å². The third kappa shape index (κ3) is 4.72. The number of benzene rings is 2. The summed E-state index contributed by atoms with van der Waals surface area (Å²) in [4.78, 5) is 14.2. The molecular formula is C21H27N3O3S. The number of carbonyl (C=O) groups excluding carboxylic acids is 1. The first kappa shape index (κ1) is 20.4. The number of amides is 2. The van der Waals surface area contributed by atoms with Crippen LogP contribution in [0.3, 0.4) is 0 Å². The van der Waals surface area contributed by atoms with Crippen molar-refractivity contribution in [3.8, 4) is 0 Å². The van der Waals surface area contributed by atoms with Gasteiger partial charge in [-0.25, -0.2) is 17.9 Å². The van der Waals surface area contributed by atoms with Crippen molar-refractivity contribution in [1.82, 2.24) is 14.9 Å². The van der Waals surface area contributed by atoms with Gasteiger partial charge in [0.2, 0.25) is 10.0 Å². The molecule has 2 aromatic rings. The van der Waals surface area contributed by atoms with E-state index in [9.17, 15) is 13.2 Å². The zero-order valence-corrected chi connectivity index (χ0v) is 17.1. The van der Waals surface area contributed by atoms with Crippen LogP contribution in [0, 0.1) is 0 Å². The first-order chi connectivity index (χ1) is 13.4. The summed E-state index contributed by atoms with van der Waals surface area (Å²) in [5, 5.41) is 2.88. The molecule has 2 aromatic carbocycles. The summed E-state index contributed by atoms with van der Waals surface area (Å²) in [5.41, 5.74) is 2.88. The molecule has 1 atom stereocenters. The molecule has 0 unspecified atom stereocenters. The van der Waals surface area contributed by atoms with Gasteiger partial charge >= 0.3 is 6.03 Å². The fraction of sp³-hybridized carbons (Fsp3) is 0.381.